The van der Waals surface area contributed by atoms with Crippen molar-refractivity contribution in [1.29, 1.82) is 0 Å². The first kappa shape index (κ1) is 15.2. The molecule has 0 bridgehead atoms. The van der Waals surface area contributed by atoms with Crippen molar-refractivity contribution >= 4 is 21.9 Å². The summed E-state index contributed by atoms with van der Waals surface area (Å²) in [5, 5.41) is 0.991. The number of anilines is 1. The van der Waals surface area contributed by atoms with E-state index in [1.165, 1.54) is 0 Å². The highest BCUT2D eigenvalue weighted by molar-refractivity contribution is 9.09. The second kappa shape index (κ2) is 7.56. The molecule has 0 saturated carbocycles. The fraction of sp³-hybridized carbons (Fsp3) is 0.692. The van der Waals surface area contributed by atoms with Crippen LogP contribution in [-0.4, -0.2) is 34.5 Å². The second-order valence-corrected chi connectivity index (χ2v) is 5.23. The van der Waals surface area contributed by atoms with Gasteiger partial charge >= 0.3 is 0 Å². The first-order chi connectivity index (χ1) is 8.56. The van der Waals surface area contributed by atoms with Crippen LogP contribution in [0.2, 0.25) is 0 Å². The molecule has 0 unspecified atom stereocenters. The van der Waals surface area contributed by atoms with E-state index in [0.29, 0.717) is 5.88 Å². The molecule has 1 aromatic rings. The molecule has 0 aliphatic heterocycles. The van der Waals surface area contributed by atoms with Crippen molar-refractivity contribution < 1.29 is 4.74 Å². The number of aromatic nitrogens is 2. The molecule has 0 amide bonds. The van der Waals surface area contributed by atoms with Crippen LogP contribution in [0.4, 0.5) is 5.95 Å². The Morgan fingerprint density at radius 3 is 2.67 bits per heavy atom. The van der Waals surface area contributed by atoms with E-state index in [1.807, 2.05) is 26.8 Å². The Kier molecular flexibility index (Phi) is 6.39. The van der Waals surface area contributed by atoms with E-state index in [1.54, 1.807) is 0 Å². The van der Waals surface area contributed by atoms with Gasteiger partial charge in [-0.3, -0.25) is 0 Å². The number of ether oxygens (including phenoxy) is 1. The van der Waals surface area contributed by atoms with E-state index < -0.39 is 0 Å². The minimum atomic E-state index is 0.129. The van der Waals surface area contributed by atoms with Crippen molar-refractivity contribution in [3.05, 3.63) is 11.8 Å². The van der Waals surface area contributed by atoms with Crippen LogP contribution in [0.25, 0.3) is 0 Å². The quantitative estimate of drug-likeness (QED) is 0.724. The van der Waals surface area contributed by atoms with Gasteiger partial charge in [0, 0.05) is 30.2 Å². The monoisotopic (exact) mass is 315 g/mol. The van der Waals surface area contributed by atoms with Gasteiger partial charge in [0.2, 0.25) is 11.8 Å². The van der Waals surface area contributed by atoms with E-state index in [4.69, 9.17) is 4.74 Å². The Labute approximate surface area is 118 Å². The summed E-state index contributed by atoms with van der Waals surface area (Å²) in [4.78, 5) is 11.1. The van der Waals surface area contributed by atoms with Gasteiger partial charge < -0.3 is 9.64 Å². The smallest absolute Gasteiger partial charge is 0.228 e. The van der Waals surface area contributed by atoms with Gasteiger partial charge in [0.05, 0.1) is 6.10 Å². The standard InChI is InChI=1S/C13H22BrN3O/c1-5-17(8-6-7-14)13-15-11(4)9-12(16-13)18-10(2)3/h9-10H,5-8H2,1-4H3. The third-order valence-electron chi connectivity index (χ3n) is 2.40. The lowest BCUT2D eigenvalue weighted by molar-refractivity contribution is 0.232. The maximum atomic E-state index is 5.65. The van der Waals surface area contributed by atoms with Crippen molar-refractivity contribution in [1.82, 2.24) is 9.97 Å². The van der Waals surface area contributed by atoms with Gasteiger partial charge in [-0.25, -0.2) is 4.98 Å². The van der Waals surface area contributed by atoms with Gasteiger partial charge in [0.1, 0.15) is 0 Å². The number of alkyl halides is 1. The Balaban J connectivity index is 2.88. The van der Waals surface area contributed by atoms with Gasteiger partial charge in [-0.15, -0.1) is 0 Å². The predicted octanol–water partition coefficient (Wildman–Crippen LogP) is 3.18. The van der Waals surface area contributed by atoms with Crippen LogP contribution in [0.5, 0.6) is 5.88 Å². The molecule has 0 aromatic carbocycles. The first-order valence-corrected chi connectivity index (χ1v) is 7.52. The second-order valence-electron chi connectivity index (χ2n) is 4.44. The fourth-order valence-corrected chi connectivity index (χ4v) is 1.87. The molecule has 0 N–H and O–H groups in total. The molecule has 5 heteroatoms. The van der Waals surface area contributed by atoms with Crippen molar-refractivity contribution in [2.24, 2.45) is 0 Å². The van der Waals surface area contributed by atoms with E-state index in [2.05, 4.69) is 37.7 Å². The van der Waals surface area contributed by atoms with Crippen LogP contribution in [0.3, 0.4) is 0 Å². The summed E-state index contributed by atoms with van der Waals surface area (Å²) in [6.45, 7) is 9.93. The summed E-state index contributed by atoms with van der Waals surface area (Å²) in [6.07, 6.45) is 1.20. The lowest BCUT2D eigenvalue weighted by Gasteiger charge is -2.21. The van der Waals surface area contributed by atoms with Gasteiger partial charge in [0.15, 0.2) is 0 Å². The van der Waals surface area contributed by atoms with Gasteiger partial charge in [-0.05, 0) is 34.1 Å². The Hall–Kier alpha value is -0.840. The zero-order valence-corrected chi connectivity index (χ0v) is 13.2. The molecule has 0 aliphatic carbocycles. The Morgan fingerprint density at radius 2 is 2.11 bits per heavy atom. The van der Waals surface area contributed by atoms with Gasteiger partial charge in [-0.1, -0.05) is 15.9 Å². The summed E-state index contributed by atoms with van der Waals surface area (Å²) >= 11 is 3.45. The summed E-state index contributed by atoms with van der Waals surface area (Å²) in [7, 11) is 0. The molecule has 1 aromatic heterocycles. The molecule has 0 saturated heterocycles. The number of nitrogens with zero attached hydrogens (tertiary/aromatic N) is 3. The fourth-order valence-electron chi connectivity index (χ4n) is 1.62. The highest BCUT2D eigenvalue weighted by Gasteiger charge is 2.10. The average Bonchev–Trinajstić information content (AvgIpc) is 2.28. The van der Waals surface area contributed by atoms with Crippen LogP contribution in [0.1, 0.15) is 32.9 Å². The molecule has 1 rings (SSSR count). The summed E-state index contributed by atoms with van der Waals surface area (Å²) < 4.78 is 5.65. The Bertz CT molecular complexity index is 371. The van der Waals surface area contributed by atoms with Crippen LogP contribution in [0, 0.1) is 6.92 Å². The van der Waals surface area contributed by atoms with Crippen LogP contribution < -0.4 is 9.64 Å². The molecule has 0 spiro atoms. The number of hydrogen-bond acceptors (Lipinski definition) is 4. The first-order valence-electron chi connectivity index (χ1n) is 6.40. The van der Waals surface area contributed by atoms with E-state index in [9.17, 15) is 0 Å². The van der Waals surface area contributed by atoms with Crippen LogP contribution >= 0.6 is 15.9 Å². The normalized spacial score (nSPS) is 10.8. The molecule has 1 heterocycles. The molecule has 0 aliphatic rings. The molecule has 102 valence electrons. The summed E-state index contributed by atoms with van der Waals surface area (Å²) in [5.41, 5.74) is 0.938. The summed E-state index contributed by atoms with van der Waals surface area (Å²) in [5.74, 6) is 1.42. The predicted molar refractivity (Wildman–Crippen MR) is 78.8 cm³/mol. The van der Waals surface area contributed by atoms with Gasteiger partial charge in [0.25, 0.3) is 0 Å². The third kappa shape index (κ3) is 4.80. The van der Waals surface area contributed by atoms with Crippen molar-refractivity contribution in [3.8, 4) is 5.88 Å². The largest absolute Gasteiger partial charge is 0.475 e. The average molecular weight is 316 g/mol. The minimum absolute atomic E-state index is 0.129. The number of aryl methyl sites for hydroxylation is 1. The van der Waals surface area contributed by atoms with Crippen LogP contribution in [-0.2, 0) is 0 Å². The lowest BCUT2D eigenvalue weighted by atomic mass is 10.4. The topological polar surface area (TPSA) is 38.2 Å². The van der Waals surface area contributed by atoms with E-state index >= 15 is 0 Å². The molecule has 0 radical (unpaired) electrons. The highest BCUT2D eigenvalue weighted by Crippen LogP contribution is 2.16. The lowest BCUT2D eigenvalue weighted by Crippen LogP contribution is -2.26. The van der Waals surface area contributed by atoms with Crippen molar-refractivity contribution in [3.63, 3.8) is 0 Å². The van der Waals surface area contributed by atoms with E-state index in [-0.39, 0.29) is 6.10 Å². The minimum Gasteiger partial charge on any atom is -0.475 e. The number of rotatable bonds is 7. The highest BCUT2D eigenvalue weighted by atomic mass is 79.9. The SMILES string of the molecule is CCN(CCCBr)c1nc(C)cc(OC(C)C)n1. The number of halogens is 1. The van der Waals surface area contributed by atoms with Crippen molar-refractivity contribution in [2.45, 2.75) is 40.2 Å². The molecule has 18 heavy (non-hydrogen) atoms. The van der Waals surface area contributed by atoms with E-state index in [0.717, 1.165) is 36.5 Å². The molecule has 0 atom stereocenters. The van der Waals surface area contributed by atoms with Crippen molar-refractivity contribution in [2.75, 3.05) is 23.3 Å². The molecular weight excluding hydrogens is 294 g/mol. The third-order valence-corrected chi connectivity index (χ3v) is 2.96. The number of hydrogen-bond donors (Lipinski definition) is 0. The molecular formula is C13H22BrN3O. The Morgan fingerprint density at radius 1 is 1.39 bits per heavy atom. The summed E-state index contributed by atoms with van der Waals surface area (Å²) in [6, 6.07) is 1.88. The zero-order chi connectivity index (χ0) is 13.5. The maximum Gasteiger partial charge on any atom is 0.228 e. The zero-order valence-electron chi connectivity index (χ0n) is 11.6. The molecule has 0 fully saturated rings. The maximum absolute atomic E-state index is 5.65. The van der Waals surface area contributed by atoms with Crippen LogP contribution in [0.15, 0.2) is 6.07 Å². The van der Waals surface area contributed by atoms with Gasteiger partial charge in [-0.2, -0.15) is 4.98 Å². The molecule has 4 nitrogen and oxygen atoms in total.